The second-order valence-electron chi connectivity index (χ2n) is 4.84. The molecule has 0 atom stereocenters. The minimum atomic E-state index is 0.0726. The van der Waals surface area contributed by atoms with Crippen LogP contribution in [0.25, 0.3) is 11.5 Å². The summed E-state index contributed by atoms with van der Waals surface area (Å²) in [5.41, 5.74) is 6.80. The minimum absolute atomic E-state index is 0.0726. The van der Waals surface area contributed by atoms with Crippen LogP contribution in [-0.2, 0) is 5.41 Å². The van der Waals surface area contributed by atoms with Crippen molar-refractivity contribution in [2.75, 3.05) is 5.73 Å². The molecule has 4 nitrogen and oxygen atoms in total. The first kappa shape index (κ1) is 11.8. The molecule has 2 N–H and O–H groups in total. The minimum Gasteiger partial charge on any atom is -0.396 e. The average Bonchev–Trinajstić information content (AvgIpc) is 2.91. The van der Waals surface area contributed by atoms with Gasteiger partial charge in [0.2, 0.25) is 0 Å². The molecule has 0 bridgehead atoms. The molecule has 0 unspecified atom stereocenters. The van der Waals surface area contributed by atoms with Crippen molar-refractivity contribution >= 4 is 28.9 Å². The number of anilines is 1. The Balaban J connectivity index is 2.02. The van der Waals surface area contributed by atoms with Gasteiger partial charge in [0.15, 0.2) is 5.82 Å². The van der Waals surface area contributed by atoms with Crippen LogP contribution in [0.15, 0.2) is 16.7 Å². The first-order valence-corrected chi connectivity index (χ1v) is 6.34. The van der Waals surface area contributed by atoms with Crippen LogP contribution in [0.1, 0.15) is 25.6 Å². The molecule has 1 saturated carbocycles. The van der Waals surface area contributed by atoms with E-state index in [4.69, 9.17) is 33.5 Å². The van der Waals surface area contributed by atoms with Gasteiger partial charge in [-0.25, -0.2) is 0 Å². The Morgan fingerprint density at radius 2 is 1.89 bits per heavy atom. The third kappa shape index (κ3) is 1.85. The summed E-state index contributed by atoms with van der Waals surface area (Å²) in [6.07, 6.45) is 2.18. The van der Waals surface area contributed by atoms with E-state index in [1.807, 2.05) is 0 Å². The maximum Gasteiger partial charge on any atom is 0.258 e. The van der Waals surface area contributed by atoms with Gasteiger partial charge in [0.05, 0.1) is 15.7 Å². The Hall–Kier alpha value is -1.26. The standard InChI is InChI=1S/C12H11Cl2N3O/c1-12(2-3-12)11-16-10(18-17-11)6-4-7(13)9(15)8(14)5-6/h4-5H,2-3,15H2,1H3. The van der Waals surface area contributed by atoms with E-state index in [2.05, 4.69) is 17.1 Å². The van der Waals surface area contributed by atoms with E-state index in [0.29, 0.717) is 27.2 Å². The summed E-state index contributed by atoms with van der Waals surface area (Å²) in [6.45, 7) is 2.12. The summed E-state index contributed by atoms with van der Waals surface area (Å²) in [5, 5.41) is 4.77. The Labute approximate surface area is 114 Å². The molecule has 1 aliphatic rings. The molecule has 0 aliphatic heterocycles. The van der Waals surface area contributed by atoms with E-state index in [-0.39, 0.29) is 5.41 Å². The van der Waals surface area contributed by atoms with Gasteiger partial charge in [0, 0.05) is 11.0 Å². The highest BCUT2D eigenvalue weighted by atomic mass is 35.5. The fourth-order valence-corrected chi connectivity index (χ4v) is 2.19. The fourth-order valence-electron chi connectivity index (χ4n) is 1.70. The van der Waals surface area contributed by atoms with Crippen LogP contribution in [0.5, 0.6) is 0 Å². The molecule has 1 aromatic carbocycles. The number of hydrogen-bond donors (Lipinski definition) is 1. The van der Waals surface area contributed by atoms with Gasteiger partial charge in [-0.1, -0.05) is 35.3 Å². The van der Waals surface area contributed by atoms with Gasteiger partial charge in [0.1, 0.15) is 0 Å². The number of nitrogens with two attached hydrogens (primary N) is 1. The average molecular weight is 284 g/mol. The summed E-state index contributed by atoms with van der Waals surface area (Å²) >= 11 is 12.0. The second-order valence-corrected chi connectivity index (χ2v) is 5.65. The molecule has 1 aromatic heterocycles. The number of halogens is 2. The molecule has 2 aromatic rings. The third-order valence-electron chi connectivity index (χ3n) is 3.29. The van der Waals surface area contributed by atoms with Gasteiger partial charge in [-0.15, -0.1) is 0 Å². The molecule has 1 heterocycles. The number of nitrogen functional groups attached to an aromatic ring is 1. The molecular weight excluding hydrogens is 273 g/mol. The van der Waals surface area contributed by atoms with Gasteiger partial charge in [-0.2, -0.15) is 4.98 Å². The highest BCUT2D eigenvalue weighted by molar-refractivity contribution is 6.39. The van der Waals surface area contributed by atoms with Crippen LogP contribution in [-0.4, -0.2) is 10.1 Å². The monoisotopic (exact) mass is 283 g/mol. The zero-order valence-corrected chi connectivity index (χ0v) is 11.2. The largest absolute Gasteiger partial charge is 0.396 e. The second kappa shape index (κ2) is 3.87. The summed E-state index contributed by atoms with van der Waals surface area (Å²) in [4.78, 5) is 4.39. The molecule has 0 radical (unpaired) electrons. The van der Waals surface area contributed by atoms with Crippen LogP contribution in [0.4, 0.5) is 5.69 Å². The first-order chi connectivity index (χ1) is 8.49. The van der Waals surface area contributed by atoms with Crippen molar-refractivity contribution in [3.63, 3.8) is 0 Å². The SMILES string of the molecule is CC1(c2noc(-c3cc(Cl)c(N)c(Cl)c3)n2)CC1. The van der Waals surface area contributed by atoms with Crippen molar-refractivity contribution in [3.05, 3.63) is 28.0 Å². The van der Waals surface area contributed by atoms with E-state index in [1.165, 1.54) is 0 Å². The van der Waals surface area contributed by atoms with Crippen LogP contribution in [0, 0.1) is 0 Å². The van der Waals surface area contributed by atoms with E-state index < -0.39 is 0 Å². The van der Waals surface area contributed by atoms with Gasteiger partial charge in [-0.05, 0) is 25.0 Å². The van der Waals surface area contributed by atoms with Crippen LogP contribution in [0.3, 0.4) is 0 Å². The lowest BCUT2D eigenvalue weighted by Crippen LogP contribution is -2.01. The molecule has 18 heavy (non-hydrogen) atoms. The van der Waals surface area contributed by atoms with E-state index in [9.17, 15) is 0 Å². The van der Waals surface area contributed by atoms with E-state index >= 15 is 0 Å². The van der Waals surface area contributed by atoms with Crippen molar-refractivity contribution in [1.82, 2.24) is 10.1 Å². The Kier molecular flexibility index (Phi) is 2.54. The van der Waals surface area contributed by atoms with Gasteiger partial charge in [-0.3, -0.25) is 0 Å². The number of aromatic nitrogens is 2. The van der Waals surface area contributed by atoms with E-state index in [0.717, 1.165) is 18.7 Å². The van der Waals surface area contributed by atoms with Crippen molar-refractivity contribution in [3.8, 4) is 11.5 Å². The predicted molar refractivity (Wildman–Crippen MR) is 70.8 cm³/mol. The molecule has 0 spiro atoms. The van der Waals surface area contributed by atoms with Crippen LogP contribution < -0.4 is 5.73 Å². The molecule has 1 fully saturated rings. The Morgan fingerprint density at radius 1 is 1.28 bits per heavy atom. The van der Waals surface area contributed by atoms with Gasteiger partial charge in [0.25, 0.3) is 5.89 Å². The van der Waals surface area contributed by atoms with Crippen LogP contribution in [0.2, 0.25) is 10.0 Å². The lowest BCUT2D eigenvalue weighted by molar-refractivity contribution is 0.416. The molecule has 94 valence electrons. The zero-order chi connectivity index (χ0) is 12.9. The summed E-state index contributed by atoms with van der Waals surface area (Å²) < 4.78 is 5.25. The Bertz CT molecular complexity index is 597. The van der Waals surface area contributed by atoms with Crippen molar-refractivity contribution < 1.29 is 4.52 Å². The summed E-state index contributed by atoms with van der Waals surface area (Å²) in [6, 6.07) is 3.35. The first-order valence-electron chi connectivity index (χ1n) is 5.59. The maximum atomic E-state index is 5.98. The number of benzene rings is 1. The Morgan fingerprint density at radius 3 is 2.44 bits per heavy atom. The molecular formula is C12H11Cl2N3O. The quantitative estimate of drug-likeness (QED) is 0.854. The van der Waals surface area contributed by atoms with Crippen molar-refractivity contribution in [2.24, 2.45) is 0 Å². The van der Waals surface area contributed by atoms with E-state index in [1.54, 1.807) is 12.1 Å². The zero-order valence-electron chi connectivity index (χ0n) is 9.70. The summed E-state index contributed by atoms with van der Waals surface area (Å²) in [5.74, 6) is 1.16. The predicted octanol–water partition coefficient (Wildman–Crippen LogP) is 3.68. The highest BCUT2D eigenvalue weighted by Gasteiger charge is 2.43. The number of rotatable bonds is 2. The third-order valence-corrected chi connectivity index (χ3v) is 3.92. The molecule has 0 saturated heterocycles. The normalized spacial score (nSPS) is 16.8. The number of hydrogen-bond acceptors (Lipinski definition) is 4. The van der Waals surface area contributed by atoms with Gasteiger partial charge >= 0.3 is 0 Å². The summed E-state index contributed by atoms with van der Waals surface area (Å²) in [7, 11) is 0. The topological polar surface area (TPSA) is 64.9 Å². The molecule has 0 amide bonds. The lowest BCUT2D eigenvalue weighted by Gasteiger charge is -2.02. The maximum absolute atomic E-state index is 5.98. The van der Waals surface area contributed by atoms with Gasteiger partial charge < -0.3 is 10.3 Å². The highest BCUT2D eigenvalue weighted by Crippen LogP contribution is 2.46. The smallest absolute Gasteiger partial charge is 0.258 e. The molecule has 3 rings (SSSR count). The van der Waals surface area contributed by atoms with Crippen LogP contribution >= 0.6 is 23.2 Å². The van der Waals surface area contributed by atoms with Crippen molar-refractivity contribution in [1.29, 1.82) is 0 Å². The lowest BCUT2D eigenvalue weighted by atomic mass is 10.1. The number of nitrogens with zero attached hydrogens (tertiary/aromatic N) is 2. The molecule has 6 heteroatoms. The van der Waals surface area contributed by atoms with Crippen molar-refractivity contribution in [2.45, 2.75) is 25.2 Å². The molecule has 1 aliphatic carbocycles. The fraction of sp³-hybridized carbons (Fsp3) is 0.333.